The predicted molar refractivity (Wildman–Crippen MR) is 72.3 cm³/mol. The summed E-state index contributed by atoms with van der Waals surface area (Å²) in [6, 6.07) is 2.67. The summed E-state index contributed by atoms with van der Waals surface area (Å²) < 4.78 is 8.37. The molecule has 1 N–H and O–H groups in total. The van der Waals surface area contributed by atoms with Crippen molar-refractivity contribution >= 4 is 27.3 Å². The lowest BCUT2D eigenvalue weighted by atomic mass is 10.3. The second-order valence-corrected chi connectivity index (χ2v) is 5.70. The van der Waals surface area contributed by atoms with Crippen molar-refractivity contribution in [2.45, 2.75) is 18.9 Å². The number of fused-ring (bicyclic) bond motifs is 1. The number of ether oxygens (including phenoxy) is 1. The van der Waals surface area contributed by atoms with Crippen molar-refractivity contribution in [2.24, 2.45) is 0 Å². The third-order valence-electron chi connectivity index (χ3n) is 3.13. The van der Waals surface area contributed by atoms with Crippen molar-refractivity contribution in [1.29, 1.82) is 0 Å². The number of thiophene rings is 1. The van der Waals surface area contributed by atoms with Gasteiger partial charge in [-0.3, -0.25) is 4.79 Å². The van der Waals surface area contributed by atoms with Crippen LogP contribution in [0.5, 0.6) is 0 Å². The van der Waals surface area contributed by atoms with Crippen molar-refractivity contribution in [1.82, 2.24) is 9.88 Å². The van der Waals surface area contributed by atoms with Gasteiger partial charge in [0.15, 0.2) is 0 Å². The SMILES string of the molecule is COCCNC(=O)c1cc2cn(C3CC3)cc2s1. The summed E-state index contributed by atoms with van der Waals surface area (Å²) in [5.74, 6) is -0.00813. The molecule has 0 unspecified atom stereocenters. The van der Waals surface area contributed by atoms with Gasteiger partial charge in [0.2, 0.25) is 0 Å². The Kier molecular flexibility index (Phi) is 3.09. The second kappa shape index (κ2) is 4.74. The summed E-state index contributed by atoms with van der Waals surface area (Å²) in [6.07, 6.45) is 6.87. The van der Waals surface area contributed by atoms with E-state index < -0.39 is 0 Å². The highest BCUT2D eigenvalue weighted by Crippen LogP contribution is 2.38. The van der Waals surface area contributed by atoms with Crippen LogP contribution in [0.15, 0.2) is 18.5 Å². The first-order valence-electron chi connectivity index (χ1n) is 6.16. The lowest BCUT2D eigenvalue weighted by Gasteiger charge is -2.01. The molecule has 0 radical (unpaired) electrons. The van der Waals surface area contributed by atoms with E-state index in [2.05, 4.69) is 22.3 Å². The molecule has 2 aromatic rings. The Morgan fingerprint density at radius 3 is 3.06 bits per heavy atom. The molecule has 0 saturated heterocycles. The fraction of sp³-hybridized carbons (Fsp3) is 0.462. The van der Waals surface area contributed by atoms with Crippen LogP contribution in [-0.2, 0) is 4.74 Å². The Morgan fingerprint density at radius 2 is 2.39 bits per heavy atom. The summed E-state index contributed by atoms with van der Waals surface area (Å²) in [5, 5.41) is 4.01. The molecule has 0 bridgehead atoms. The maximum Gasteiger partial charge on any atom is 0.261 e. The molecule has 96 valence electrons. The average molecular weight is 264 g/mol. The predicted octanol–water partition coefficient (Wildman–Crippen LogP) is 2.41. The minimum absolute atomic E-state index is 0.00813. The van der Waals surface area contributed by atoms with E-state index >= 15 is 0 Å². The molecule has 1 aliphatic carbocycles. The van der Waals surface area contributed by atoms with Gasteiger partial charge in [-0.1, -0.05) is 0 Å². The normalized spacial score (nSPS) is 15.2. The number of nitrogens with one attached hydrogen (secondary N) is 1. The van der Waals surface area contributed by atoms with Gasteiger partial charge in [-0.05, 0) is 18.9 Å². The van der Waals surface area contributed by atoms with E-state index in [1.807, 2.05) is 6.07 Å². The Labute approximate surface area is 110 Å². The molecular weight excluding hydrogens is 248 g/mol. The molecule has 0 atom stereocenters. The van der Waals surface area contributed by atoms with Gasteiger partial charge >= 0.3 is 0 Å². The molecule has 2 aromatic heterocycles. The van der Waals surface area contributed by atoms with Crippen LogP contribution in [0.4, 0.5) is 0 Å². The molecule has 1 aliphatic rings. The highest BCUT2D eigenvalue weighted by molar-refractivity contribution is 7.20. The van der Waals surface area contributed by atoms with E-state index in [1.54, 1.807) is 18.4 Å². The lowest BCUT2D eigenvalue weighted by Crippen LogP contribution is -2.26. The Hall–Kier alpha value is -1.33. The summed E-state index contributed by atoms with van der Waals surface area (Å²) in [6.45, 7) is 1.10. The number of aromatic nitrogens is 1. The Morgan fingerprint density at radius 1 is 1.56 bits per heavy atom. The average Bonchev–Trinajstić information content (AvgIpc) is 3.00. The molecule has 0 aliphatic heterocycles. The van der Waals surface area contributed by atoms with E-state index in [1.165, 1.54) is 22.9 Å². The van der Waals surface area contributed by atoms with Crippen LogP contribution in [0.3, 0.4) is 0 Å². The van der Waals surface area contributed by atoms with Crippen molar-refractivity contribution < 1.29 is 9.53 Å². The monoisotopic (exact) mass is 264 g/mol. The van der Waals surface area contributed by atoms with Crippen LogP contribution in [0, 0.1) is 0 Å². The van der Waals surface area contributed by atoms with Crippen molar-refractivity contribution in [3.63, 3.8) is 0 Å². The van der Waals surface area contributed by atoms with Crippen LogP contribution < -0.4 is 5.32 Å². The summed E-state index contributed by atoms with van der Waals surface area (Å²) >= 11 is 1.56. The van der Waals surface area contributed by atoms with Crippen molar-refractivity contribution in [2.75, 3.05) is 20.3 Å². The number of hydrogen-bond acceptors (Lipinski definition) is 3. The quantitative estimate of drug-likeness (QED) is 0.843. The smallest absolute Gasteiger partial charge is 0.261 e. The zero-order valence-electron chi connectivity index (χ0n) is 10.3. The molecule has 2 heterocycles. The summed E-state index contributed by atoms with van der Waals surface area (Å²) in [5.41, 5.74) is 0. The van der Waals surface area contributed by atoms with Crippen molar-refractivity contribution in [3.05, 3.63) is 23.3 Å². The second-order valence-electron chi connectivity index (χ2n) is 4.62. The first-order valence-corrected chi connectivity index (χ1v) is 6.98. The fourth-order valence-corrected chi connectivity index (χ4v) is 2.99. The fourth-order valence-electron chi connectivity index (χ4n) is 2.00. The van der Waals surface area contributed by atoms with Gasteiger partial charge in [-0.15, -0.1) is 11.3 Å². The Balaban J connectivity index is 1.72. The summed E-state index contributed by atoms with van der Waals surface area (Å²) in [7, 11) is 1.63. The van der Waals surface area contributed by atoms with Crippen LogP contribution >= 0.6 is 11.3 Å². The third-order valence-corrected chi connectivity index (χ3v) is 4.21. The van der Waals surface area contributed by atoms with E-state index in [9.17, 15) is 4.79 Å². The first kappa shape index (κ1) is 11.7. The van der Waals surface area contributed by atoms with Gasteiger partial charge in [0, 0.05) is 37.5 Å². The highest BCUT2D eigenvalue weighted by atomic mass is 32.1. The number of carbonyl (C=O) groups is 1. The Bertz CT molecular complexity index is 537. The highest BCUT2D eigenvalue weighted by Gasteiger charge is 2.23. The zero-order valence-corrected chi connectivity index (χ0v) is 11.1. The van der Waals surface area contributed by atoms with Crippen LogP contribution in [0.1, 0.15) is 28.6 Å². The van der Waals surface area contributed by atoms with Gasteiger partial charge in [-0.2, -0.15) is 0 Å². The number of rotatable bonds is 5. The molecule has 1 amide bonds. The maximum atomic E-state index is 11.9. The molecule has 1 saturated carbocycles. The molecule has 1 fully saturated rings. The number of amides is 1. The largest absolute Gasteiger partial charge is 0.383 e. The third kappa shape index (κ3) is 2.28. The molecule has 18 heavy (non-hydrogen) atoms. The molecule has 5 heteroatoms. The minimum Gasteiger partial charge on any atom is -0.383 e. The van der Waals surface area contributed by atoms with Gasteiger partial charge < -0.3 is 14.6 Å². The topological polar surface area (TPSA) is 43.3 Å². The van der Waals surface area contributed by atoms with Crippen LogP contribution in [0.25, 0.3) is 10.1 Å². The maximum absolute atomic E-state index is 11.9. The van der Waals surface area contributed by atoms with E-state index in [0.717, 1.165) is 4.88 Å². The summed E-state index contributed by atoms with van der Waals surface area (Å²) in [4.78, 5) is 12.6. The number of hydrogen-bond donors (Lipinski definition) is 1. The first-order chi connectivity index (χ1) is 8.78. The minimum atomic E-state index is -0.00813. The number of carbonyl (C=O) groups excluding carboxylic acids is 1. The van der Waals surface area contributed by atoms with Gasteiger partial charge in [0.05, 0.1) is 16.2 Å². The van der Waals surface area contributed by atoms with Crippen LogP contribution in [-0.4, -0.2) is 30.7 Å². The van der Waals surface area contributed by atoms with Gasteiger partial charge in [0.25, 0.3) is 5.91 Å². The molecular formula is C13H16N2O2S. The standard InChI is InChI=1S/C13H16N2O2S/c1-17-5-4-14-13(16)11-6-9-7-15(10-2-3-10)8-12(9)18-11/h6-8,10H,2-5H2,1H3,(H,14,16). The van der Waals surface area contributed by atoms with E-state index in [-0.39, 0.29) is 5.91 Å². The van der Waals surface area contributed by atoms with E-state index in [0.29, 0.717) is 19.2 Å². The molecule has 0 aromatic carbocycles. The molecule has 0 spiro atoms. The van der Waals surface area contributed by atoms with Gasteiger partial charge in [-0.25, -0.2) is 0 Å². The molecule has 4 nitrogen and oxygen atoms in total. The number of methoxy groups -OCH3 is 1. The number of nitrogens with zero attached hydrogens (tertiary/aromatic N) is 1. The van der Waals surface area contributed by atoms with Crippen LogP contribution in [0.2, 0.25) is 0 Å². The lowest BCUT2D eigenvalue weighted by molar-refractivity contribution is 0.0941. The van der Waals surface area contributed by atoms with Gasteiger partial charge in [0.1, 0.15) is 0 Å². The molecule has 3 rings (SSSR count). The van der Waals surface area contributed by atoms with E-state index in [4.69, 9.17) is 4.74 Å². The van der Waals surface area contributed by atoms with Crippen molar-refractivity contribution in [3.8, 4) is 0 Å². The zero-order chi connectivity index (χ0) is 12.5.